The standard InChI is InChI=1S/C24H30N2O3/c1-28-22-10-6-17(7-11-22)16-26-20-4-3-5-21(26)15-19(14-20)25-24(27)18-8-12-23(29-2)13-9-18/h6-13,19-21H,3-5,14-16H2,1-2H3,(H,25,27). The van der Waals surface area contributed by atoms with Gasteiger partial charge in [-0.05, 0) is 67.6 Å². The number of nitrogens with zero attached hydrogens (tertiary/aromatic N) is 1. The van der Waals surface area contributed by atoms with E-state index < -0.39 is 0 Å². The smallest absolute Gasteiger partial charge is 0.251 e. The first-order valence-electron chi connectivity index (χ1n) is 10.5. The Bertz CT molecular complexity index is 805. The Hall–Kier alpha value is -2.53. The molecule has 2 atom stereocenters. The number of fused-ring (bicyclic) bond motifs is 2. The number of nitrogens with one attached hydrogen (secondary N) is 1. The highest BCUT2D eigenvalue weighted by atomic mass is 16.5. The van der Waals surface area contributed by atoms with Crippen LogP contribution in [0, 0.1) is 0 Å². The van der Waals surface area contributed by atoms with Crippen molar-refractivity contribution in [2.75, 3.05) is 14.2 Å². The molecule has 2 aliphatic rings. The fraction of sp³-hybridized carbons (Fsp3) is 0.458. The first-order chi connectivity index (χ1) is 14.2. The van der Waals surface area contributed by atoms with Crippen LogP contribution < -0.4 is 14.8 Å². The Balaban J connectivity index is 1.38. The van der Waals surface area contributed by atoms with Gasteiger partial charge >= 0.3 is 0 Å². The van der Waals surface area contributed by atoms with E-state index in [-0.39, 0.29) is 11.9 Å². The summed E-state index contributed by atoms with van der Waals surface area (Å²) in [7, 11) is 3.33. The maximum absolute atomic E-state index is 12.7. The first kappa shape index (κ1) is 19.8. The van der Waals surface area contributed by atoms with Crippen LogP contribution in [0.1, 0.15) is 48.0 Å². The summed E-state index contributed by atoms with van der Waals surface area (Å²) in [6.07, 6.45) is 5.75. The minimum atomic E-state index is 0.0133. The molecule has 2 saturated heterocycles. The number of piperidine rings is 2. The Morgan fingerprint density at radius 3 is 2.03 bits per heavy atom. The van der Waals surface area contributed by atoms with Crippen molar-refractivity contribution in [3.63, 3.8) is 0 Å². The predicted molar refractivity (Wildman–Crippen MR) is 113 cm³/mol. The van der Waals surface area contributed by atoms with Gasteiger partial charge in [-0.3, -0.25) is 9.69 Å². The van der Waals surface area contributed by atoms with Crippen molar-refractivity contribution in [1.82, 2.24) is 10.2 Å². The van der Waals surface area contributed by atoms with Gasteiger partial charge in [0.2, 0.25) is 0 Å². The van der Waals surface area contributed by atoms with Gasteiger partial charge in [-0.1, -0.05) is 18.6 Å². The van der Waals surface area contributed by atoms with E-state index in [1.165, 1.54) is 24.8 Å². The highest BCUT2D eigenvalue weighted by Crippen LogP contribution is 2.35. The number of hydrogen-bond acceptors (Lipinski definition) is 4. The maximum atomic E-state index is 12.7. The van der Waals surface area contributed by atoms with Crippen molar-refractivity contribution in [2.24, 2.45) is 0 Å². The summed E-state index contributed by atoms with van der Waals surface area (Å²) in [5, 5.41) is 3.28. The molecule has 2 aromatic rings. The van der Waals surface area contributed by atoms with Crippen molar-refractivity contribution in [1.29, 1.82) is 0 Å². The van der Waals surface area contributed by atoms with Crippen molar-refractivity contribution < 1.29 is 14.3 Å². The number of ether oxygens (including phenoxy) is 2. The van der Waals surface area contributed by atoms with Gasteiger partial charge in [0, 0.05) is 30.2 Å². The number of carbonyl (C=O) groups excluding carboxylic acids is 1. The molecule has 2 aliphatic heterocycles. The third-order valence-corrected chi connectivity index (χ3v) is 6.34. The number of benzene rings is 2. The van der Waals surface area contributed by atoms with Crippen molar-refractivity contribution in [3.8, 4) is 11.5 Å². The monoisotopic (exact) mass is 394 g/mol. The second-order valence-corrected chi connectivity index (χ2v) is 8.13. The van der Waals surface area contributed by atoms with Gasteiger partial charge in [0.05, 0.1) is 14.2 Å². The molecule has 1 N–H and O–H groups in total. The average Bonchev–Trinajstić information content (AvgIpc) is 2.75. The molecule has 0 saturated carbocycles. The number of carbonyl (C=O) groups is 1. The molecule has 5 heteroatoms. The van der Waals surface area contributed by atoms with Gasteiger partial charge in [-0.2, -0.15) is 0 Å². The number of rotatable bonds is 6. The lowest BCUT2D eigenvalue weighted by Gasteiger charge is -2.49. The summed E-state index contributed by atoms with van der Waals surface area (Å²) in [6.45, 7) is 0.971. The molecule has 2 heterocycles. The Labute approximate surface area is 173 Å². The summed E-state index contributed by atoms with van der Waals surface area (Å²) < 4.78 is 10.5. The molecular weight excluding hydrogens is 364 g/mol. The highest BCUT2D eigenvalue weighted by molar-refractivity contribution is 5.94. The zero-order chi connectivity index (χ0) is 20.2. The van der Waals surface area contributed by atoms with E-state index >= 15 is 0 Å². The molecule has 1 amide bonds. The van der Waals surface area contributed by atoms with E-state index in [1.807, 2.05) is 36.4 Å². The molecular formula is C24H30N2O3. The fourth-order valence-corrected chi connectivity index (χ4v) is 4.81. The second kappa shape index (κ2) is 8.87. The largest absolute Gasteiger partial charge is 0.497 e. The molecule has 0 aromatic heterocycles. The Morgan fingerprint density at radius 2 is 1.48 bits per heavy atom. The molecule has 0 aliphatic carbocycles. The molecule has 154 valence electrons. The van der Waals surface area contributed by atoms with E-state index in [2.05, 4.69) is 22.3 Å². The van der Waals surface area contributed by atoms with Crippen molar-refractivity contribution in [2.45, 2.75) is 56.8 Å². The molecule has 5 nitrogen and oxygen atoms in total. The van der Waals surface area contributed by atoms with E-state index in [4.69, 9.17) is 9.47 Å². The SMILES string of the molecule is COc1ccc(CN2C3CCCC2CC(NC(=O)c2ccc(OC)cc2)C3)cc1. The van der Waals surface area contributed by atoms with Crippen LogP contribution in [0.15, 0.2) is 48.5 Å². The molecule has 2 unspecified atom stereocenters. The van der Waals surface area contributed by atoms with E-state index in [0.717, 1.165) is 30.9 Å². The van der Waals surface area contributed by atoms with E-state index in [0.29, 0.717) is 17.6 Å². The number of methoxy groups -OCH3 is 2. The summed E-state index contributed by atoms with van der Waals surface area (Å²) >= 11 is 0. The summed E-state index contributed by atoms with van der Waals surface area (Å²) in [5.74, 6) is 1.68. The Kier molecular flexibility index (Phi) is 6.05. The summed E-state index contributed by atoms with van der Waals surface area (Å²) in [6, 6.07) is 17.0. The zero-order valence-electron chi connectivity index (χ0n) is 17.3. The van der Waals surface area contributed by atoms with Crippen molar-refractivity contribution in [3.05, 3.63) is 59.7 Å². The lowest BCUT2D eigenvalue weighted by Crippen LogP contribution is -2.56. The van der Waals surface area contributed by atoms with Crippen LogP contribution in [0.25, 0.3) is 0 Å². The average molecular weight is 395 g/mol. The van der Waals surface area contributed by atoms with Crippen LogP contribution in [-0.4, -0.2) is 43.2 Å². The molecule has 2 aromatic carbocycles. The van der Waals surface area contributed by atoms with Gasteiger partial charge in [0.1, 0.15) is 11.5 Å². The summed E-state index contributed by atoms with van der Waals surface area (Å²) in [5.41, 5.74) is 2.01. The molecule has 29 heavy (non-hydrogen) atoms. The van der Waals surface area contributed by atoms with Gasteiger partial charge in [0.25, 0.3) is 5.91 Å². The van der Waals surface area contributed by atoms with Gasteiger partial charge < -0.3 is 14.8 Å². The van der Waals surface area contributed by atoms with Gasteiger partial charge in [0.15, 0.2) is 0 Å². The normalized spacial score (nSPS) is 24.0. The first-order valence-corrected chi connectivity index (χ1v) is 10.5. The predicted octanol–water partition coefficient (Wildman–Crippen LogP) is 4.02. The molecule has 0 radical (unpaired) electrons. The quantitative estimate of drug-likeness (QED) is 0.804. The highest BCUT2D eigenvalue weighted by Gasteiger charge is 2.38. The second-order valence-electron chi connectivity index (χ2n) is 8.13. The summed E-state index contributed by atoms with van der Waals surface area (Å²) in [4.78, 5) is 15.3. The van der Waals surface area contributed by atoms with Crippen LogP contribution >= 0.6 is 0 Å². The van der Waals surface area contributed by atoms with Crippen LogP contribution in [0.5, 0.6) is 11.5 Å². The number of hydrogen-bond donors (Lipinski definition) is 1. The fourth-order valence-electron chi connectivity index (χ4n) is 4.81. The Morgan fingerprint density at radius 1 is 0.931 bits per heavy atom. The maximum Gasteiger partial charge on any atom is 0.251 e. The minimum Gasteiger partial charge on any atom is -0.497 e. The van der Waals surface area contributed by atoms with Gasteiger partial charge in [-0.25, -0.2) is 0 Å². The van der Waals surface area contributed by atoms with E-state index in [1.54, 1.807) is 14.2 Å². The topological polar surface area (TPSA) is 50.8 Å². The molecule has 4 rings (SSSR count). The van der Waals surface area contributed by atoms with Crippen LogP contribution in [-0.2, 0) is 6.54 Å². The van der Waals surface area contributed by atoms with Crippen LogP contribution in [0.4, 0.5) is 0 Å². The van der Waals surface area contributed by atoms with E-state index in [9.17, 15) is 4.79 Å². The van der Waals surface area contributed by atoms with Crippen molar-refractivity contribution >= 4 is 5.91 Å². The van der Waals surface area contributed by atoms with Crippen LogP contribution in [0.3, 0.4) is 0 Å². The third-order valence-electron chi connectivity index (χ3n) is 6.34. The minimum absolute atomic E-state index is 0.0133. The lowest BCUT2D eigenvalue weighted by atomic mass is 9.81. The zero-order valence-corrected chi connectivity index (χ0v) is 17.3. The lowest BCUT2D eigenvalue weighted by molar-refractivity contribution is 0.0177. The third kappa shape index (κ3) is 4.56. The van der Waals surface area contributed by atoms with Gasteiger partial charge in [-0.15, -0.1) is 0 Å². The molecule has 2 bridgehead atoms. The number of amides is 1. The van der Waals surface area contributed by atoms with Crippen LogP contribution in [0.2, 0.25) is 0 Å². The molecule has 2 fully saturated rings. The molecule has 0 spiro atoms.